The molecule has 10 heteroatoms. The van der Waals surface area contributed by atoms with Crippen LogP contribution in [0.1, 0.15) is 34.8 Å². The van der Waals surface area contributed by atoms with E-state index in [1.54, 1.807) is 25.3 Å². The quantitative estimate of drug-likeness (QED) is 0.373. The molecule has 0 saturated carbocycles. The van der Waals surface area contributed by atoms with Crippen LogP contribution in [0, 0.1) is 11.3 Å². The fourth-order valence-electron chi connectivity index (χ4n) is 4.82. The van der Waals surface area contributed by atoms with Crippen LogP contribution in [0.4, 0.5) is 5.82 Å². The first-order valence-electron chi connectivity index (χ1n) is 12.2. The lowest BCUT2D eigenvalue weighted by Gasteiger charge is -2.31. The van der Waals surface area contributed by atoms with Gasteiger partial charge in [0.2, 0.25) is 0 Å². The number of nitrogens with two attached hydrogens (primary N) is 1. The van der Waals surface area contributed by atoms with Crippen LogP contribution < -0.4 is 15.8 Å². The Morgan fingerprint density at radius 3 is 2.81 bits per heavy atom. The number of carbonyl (C=O) groups excluding carboxylic acids is 1. The summed E-state index contributed by atoms with van der Waals surface area (Å²) < 4.78 is 7.22. The van der Waals surface area contributed by atoms with Crippen LogP contribution in [0.15, 0.2) is 54.9 Å². The number of para-hydroxylation sites is 1. The number of carbonyl (C=O) groups is 1. The molecule has 1 atom stereocenters. The Bertz CT molecular complexity index is 1460. The largest absolute Gasteiger partial charge is 0.496 e. The Morgan fingerprint density at radius 2 is 2.03 bits per heavy atom. The van der Waals surface area contributed by atoms with E-state index in [0.29, 0.717) is 35.9 Å². The van der Waals surface area contributed by atoms with E-state index in [1.165, 1.54) is 6.33 Å². The van der Waals surface area contributed by atoms with Gasteiger partial charge in [0, 0.05) is 18.7 Å². The highest BCUT2D eigenvalue weighted by atomic mass is 16.5. The minimum atomic E-state index is -0.200. The number of hydrogen-bond acceptors (Lipinski definition) is 8. The van der Waals surface area contributed by atoms with Gasteiger partial charge in [-0.25, -0.2) is 14.6 Å². The van der Waals surface area contributed by atoms with Crippen molar-refractivity contribution < 1.29 is 9.53 Å². The summed E-state index contributed by atoms with van der Waals surface area (Å²) in [6, 6.07) is 17.3. The fraction of sp³-hybridized carbons (Fsp3) is 0.296. The van der Waals surface area contributed by atoms with Crippen molar-refractivity contribution in [2.45, 2.75) is 25.4 Å². The van der Waals surface area contributed by atoms with Crippen LogP contribution in [-0.2, 0) is 6.54 Å². The maximum Gasteiger partial charge on any atom is 0.255 e. The number of anilines is 1. The third kappa shape index (κ3) is 4.94. The number of amides is 1. The first-order chi connectivity index (χ1) is 18.1. The van der Waals surface area contributed by atoms with Gasteiger partial charge in [-0.15, -0.1) is 0 Å². The zero-order valence-electron chi connectivity index (χ0n) is 20.6. The van der Waals surface area contributed by atoms with E-state index in [-0.39, 0.29) is 11.9 Å². The monoisotopic (exact) mass is 496 g/mol. The van der Waals surface area contributed by atoms with Crippen LogP contribution >= 0.6 is 0 Å². The molecule has 0 radical (unpaired) electrons. The van der Waals surface area contributed by atoms with Gasteiger partial charge >= 0.3 is 0 Å². The molecule has 2 aromatic carbocycles. The van der Waals surface area contributed by atoms with Gasteiger partial charge in [-0.05, 0) is 37.1 Å². The minimum absolute atomic E-state index is 0.0945. The fourth-order valence-corrected chi connectivity index (χ4v) is 4.82. The van der Waals surface area contributed by atoms with Crippen molar-refractivity contribution in [2.75, 3.05) is 32.5 Å². The maximum atomic E-state index is 12.6. The summed E-state index contributed by atoms with van der Waals surface area (Å²) >= 11 is 0. The number of nitrogen functional groups attached to an aromatic ring is 1. The molecular weight excluding hydrogens is 468 g/mol. The van der Waals surface area contributed by atoms with Crippen LogP contribution in [0.5, 0.6) is 5.75 Å². The van der Waals surface area contributed by atoms with Crippen molar-refractivity contribution in [1.29, 1.82) is 5.26 Å². The van der Waals surface area contributed by atoms with E-state index in [2.05, 4.69) is 26.3 Å². The molecule has 5 rings (SSSR count). The molecule has 1 saturated heterocycles. The Labute approximate surface area is 214 Å². The second-order valence-corrected chi connectivity index (χ2v) is 9.02. The van der Waals surface area contributed by atoms with E-state index in [9.17, 15) is 4.79 Å². The Balaban J connectivity index is 1.38. The zero-order chi connectivity index (χ0) is 25.8. The second-order valence-electron chi connectivity index (χ2n) is 9.02. The molecule has 4 aromatic rings. The summed E-state index contributed by atoms with van der Waals surface area (Å²) in [7, 11) is 1.55. The molecule has 1 amide bonds. The average molecular weight is 497 g/mol. The smallest absolute Gasteiger partial charge is 0.255 e. The third-order valence-electron chi connectivity index (χ3n) is 6.67. The van der Waals surface area contributed by atoms with Crippen LogP contribution in [-0.4, -0.2) is 57.3 Å². The topological polar surface area (TPSA) is 135 Å². The highest BCUT2D eigenvalue weighted by Crippen LogP contribution is 2.33. The summed E-state index contributed by atoms with van der Waals surface area (Å²) in [4.78, 5) is 23.5. The Kier molecular flexibility index (Phi) is 6.96. The molecule has 2 aromatic heterocycles. The summed E-state index contributed by atoms with van der Waals surface area (Å²) in [6.45, 7) is 2.41. The molecular formula is C27H28N8O2. The third-order valence-corrected chi connectivity index (χ3v) is 6.67. The van der Waals surface area contributed by atoms with E-state index in [4.69, 9.17) is 20.8 Å². The molecule has 1 fully saturated rings. The number of fused-ring (bicyclic) bond motifs is 1. The second kappa shape index (κ2) is 10.6. The van der Waals surface area contributed by atoms with E-state index < -0.39 is 0 Å². The highest BCUT2D eigenvalue weighted by Gasteiger charge is 2.26. The lowest BCUT2D eigenvalue weighted by Crippen LogP contribution is -2.37. The molecule has 1 aliphatic rings. The van der Waals surface area contributed by atoms with E-state index in [0.717, 1.165) is 48.1 Å². The number of aromatic nitrogens is 4. The molecule has 37 heavy (non-hydrogen) atoms. The number of piperidine rings is 1. The molecule has 10 nitrogen and oxygen atoms in total. The van der Waals surface area contributed by atoms with Gasteiger partial charge in [0.15, 0.2) is 5.65 Å². The van der Waals surface area contributed by atoms with Gasteiger partial charge in [-0.3, -0.25) is 9.69 Å². The van der Waals surface area contributed by atoms with Crippen molar-refractivity contribution in [3.8, 4) is 23.1 Å². The number of nitrogens with zero attached hydrogens (tertiary/aromatic N) is 6. The van der Waals surface area contributed by atoms with Crippen LogP contribution in [0.3, 0.4) is 0 Å². The van der Waals surface area contributed by atoms with Gasteiger partial charge in [0.1, 0.15) is 23.6 Å². The molecule has 1 aliphatic heterocycles. The van der Waals surface area contributed by atoms with Crippen LogP contribution in [0.25, 0.3) is 22.3 Å². The first kappa shape index (κ1) is 24.2. The van der Waals surface area contributed by atoms with Crippen LogP contribution in [0.2, 0.25) is 0 Å². The number of rotatable bonds is 7. The van der Waals surface area contributed by atoms with E-state index in [1.807, 2.05) is 35.0 Å². The lowest BCUT2D eigenvalue weighted by atomic mass is 10.1. The number of benzene rings is 2. The van der Waals surface area contributed by atoms with Gasteiger partial charge in [-0.2, -0.15) is 10.4 Å². The SMILES string of the molecule is COc1ccccc1C(=O)NCc1ccc(-c2nn([C@@H]3CCCN(CC#N)C3)c3ncnc(N)c23)cc1. The number of nitrogens with one attached hydrogen (secondary N) is 1. The average Bonchev–Trinajstić information content (AvgIpc) is 3.33. The minimum Gasteiger partial charge on any atom is -0.496 e. The first-order valence-corrected chi connectivity index (χ1v) is 12.2. The van der Waals surface area contributed by atoms with Gasteiger partial charge in [0.05, 0.1) is 36.7 Å². The lowest BCUT2D eigenvalue weighted by molar-refractivity contribution is 0.0948. The molecule has 188 valence electrons. The molecule has 0 unspecified atom stereocenters. The van der Waals surface area contributed by atoms with Crippen molar-refractivity contribution in [1.82, 2.24) is 30.0 Å². The van der Waals surface area contributed by atoms with Crippen molar-refractivity contribution in [2.24, 2.45) is 0 Å². The summed E-state index contributed by atoms with van der Waals surface area (Å²) in [5.41, 5.74) is 10.0. The Morgan fingerprint density at radius 1 is 1.22 bits per heavy atom. The zero-order valence-corrected chi connectivity index (χ0v) is 20.6. The number of nitriles is 1. The predicted molar refractivity (Wildman–Crippen MR) is 140 cm³/mol. The van der Waals surface area contributed by atoms with Gasteiger partial charge in [0.25, 0.3) is 5.91 Å². The number of methoxy groups -OCH3 is 1. The van der Waals surface area contributed by atoms with E-state index >= 15 is 0 Å². The summed E-state index contributed by atoms with van der Waals surface area (Å²) in [5, 5.41) is 17.7. The molecule has 0 bridgehead atoms. The normalized spacial score (nSPS) is 15.8. The summed E-state index contributed by atoms with van der Waals surface area (Å²) in [6.07, 6.45) is 3.40. The molecule has 0 spiro atoms. The Hall–Kier alpha value is -4.49. The summed E-state index contributed by atoms with van der Waals surface area (Å²) in [5.74, 6) is 0.713. The van der Waals surface area contributed by atoms with Crippen molar-refractivity contribution in [3.05, 3.63) is 66.0 Å². The van der Waals surface area contributed by atoms with Gasteiger partial charge in [-0.1, -0.05) is 36.4 Å². The number of ether oxygens (including phenoxy) is 1. The standard InChI is InChI=1S/C27H28N8O2/c1-37-22-7-3-2-6-21(22)27(36)30-15-18-8-10-19(11-9-18)24-23-25(29)31-17-32-26(23)35(33-24)20-5-4-13-34(16-20)14-12-28/h2-3,6-11,17,20H,4-5,13-16H2,1H3,(H,30,36)(H2,29,31,32)/t20-/m1/s1. The van der Waals surface area contributed by atoms with Gasteiger partial charge < -0.3 is 15.8 Å². The number of likely N-dealkylation sites (tertiary alicyclic amines) is 1. The van der Waals surface area contributed by atoms with Crippen molar-refractivity contribution in [3.63, 3.8) is 0 Å². The highest BCUT2D eigenvalue weighted by molar-refractivity contribution is 5.98. The molecule has 3 heterocycles. The predicted octanol–water partition coefficient (Wildman–Crippen LogP) is 3.17. The number of hydrogen-bond donors (Lipinski definition) is 2. The maximum absolute atomic E-state index is 12.6. The molecule has 0 aliphatic carbocycles. The molecule has 3 N–H and O–H groups in total. The van der Waals surface area contributed by atoms with Crippen molar-refractivity contribution >= 4 is 22.8 Å².